The summed E-state index contributed by atoms with van der Waals surface area (Å²) in [7, 11) is 0. The molecule has 0 aromatic heterocycles. The predicted octanol–water partition coefficient (Wildman–Crippen LogP) is 2.85. The van der Waals surface area contributed by atoms with Crippen LogP contribution in [-0.2, 0) is 19.1 Å². The van der Waals surface area contributed by atoms with Crippen LogP contribution in [0.2, 0.25) is 0 Å². The van der Waals surface area contributed by atoms with Crippen molar-refractivity contribution in [2.45, 2.75) is 72.0 Å². The van der Waals surface area contributed by atoms with Gasteiger partial charge in [-0.15, -0.1) is 0 Å². The molecule has 3 atom stereocenters. The summed E-state index contributed by atoms with van der Waals surface area (Å²) in [5.41, 5.74) is 0. The van der Waals surface area contributed by atoms with Crippen LogP contribution in [-0.4, -0.2) is 72.4 Å². The van der Waals surface area contributed by atoms with Crippen molar-refractivity contribution in [1.82, 2.24) is 16.0 Å². The summed E-state index contributed by atoms with van der Waals surface area (Å²) in [6.45, 7) is 9.46. The van der Waals surface area contributed by atoms with E-state index in [4.69, 9.17) is 4.74 Å². The molecule has 0 bridgehead atoms. The Morgan fingerprint density at radius 1 is 0.750 bits per heavy atom. The van der Waals surface area contributed by atoms with Crippen molar-refractivity contribution in [2.24, 2.45) is 11.8 Å². The fourth-order valence-electron chi connectivity index (χ4n) is 2.79. The first-order valence-corrected chi connectivity index (χ1v) is 13.8. The Balaban J connectivity index is 5.29. The fourth-order valence-corrected chi connectivity index (χ4v) is 3.73. The zero-order valence-electron chi connectivity index (χ0n) is 20.5. The lowest BCUT2D eigenvalue weighted by atomic mass is 10.0. The summed E-state index contributed by atoms with van der Waals surface area (Å²) in [6.07, 6.45) is 4.55. The molecule has 8 nitrogen and oxygen atoms in total. The van der Waals surface area contributed by atoms with Gasteiger partial charge >= 0.3 is 6.09 Å². The smallest absolute Gasteiger partial charge is 0.407 e. The number of ether oxygens (including phenoxy) is 1. The summed E-state index contributed by atoms with van der Waals surface area (Å²) in [5, 5.41) is 8.18. The Kier molecular flexibility index (Phi) is 16.3. The molecule has 32 heavy (non-hydrogen) atoms. The van der Waals surface area contributed by atoms with E-state index in [1.54, 1.807) is 23.5 Å². The molecule has 186 valence electrons. The minimum absolute atomic E-state index is 0.116. The number of carbonyl (C=O) groups is 4. The Labute approximate surface area is 201 Å². The van der Waals surface area contributed by atoms with Crippen molar-refractivity contribution in [2.75, 3.05) is 30.6 Å². The van der Waals surface area contributed by atoms with Crippen molar-refractivity contribution < 1.29 is 23.9 Å². The van der Waals surface area contributed by atoms with E-state index in [1.165, 1.54) is 6.92 Å². The van der Waals surface area contributed by atoms with E-state index in [1.807, 2.05) is 40.2 Å². The average molecular weight is 492 g/mol. The van der Waals surface area contributed by atoms with E-state index in [-0.39, 0.29) is 30.1 Å². The lowest BCUT2D eigenvalue weighted by Crippen LogP contribution is -2.56. The van der Waals surface area contributed by atoms with Gasteiger partial charge in [0.1, 0.15) is 12.1 Å². The van der Waals surface area contributed by atoms with Gasteiger partial charge in [-0.1, -0.05) is 27.7 Å². The highest BCUT2D eigenvalue weighted by molar-refractivity contribution is 7.98. The van der Waals surface area contributed by atoms with E-state index >= 15 is 0 Å². The molecule has 3 amide bonds. The van der Waals surface area contributed by atoms with Crippen molar-refractivity contribution in [1.29, 1.82) is 0 Å². The third-order valence-corrected chi connectivity index (χ3v) is 5.81. The SMILES string of the molecule is CSCCC(NC(=O)C(CC(C)C)NC(=O)C(CCSC)NC(=O)OCC(C)C)C(C)=O. The molecule has 0 rings (SSSR count). The monoisotopic (exact) mass is 491 g/mol. The molecule has 0 radical (unpaired) electrons. The first kappa shape index (κ1) is 30.6. The lowest BCUT2D eigenvalue weighted by molar-refractivity contribution is -0.132. The maximum atomic E-state index is 13.0. The quantitative estimate of drug-likeness (QED) is 0.304. The van der Waals surface area contributed by atoms with Crippen molar-refractivity contribution in [3.05, 3.63) is 0 Å². The molecule has 0 saturated heterocycles. The third kappa shape index (κ3) is 13.9. The van der Waals surface area contributed by atoms with Crippen LogP contribution in [0.5, 0.6) is 0 Å². The number of thioether (sulfide) groups is 2. The van der Waals surface area contributed by atoms with Gasteiger partial charge in [0.2, 0.25) is 11.8 Å². The zero-order chi connectivity index (χ0) is 24.7. The predicted molar refractivity (Wildman–Crippen MR) is 133 cm³/mol. The van der Waals surface area contributed by atoms with E-state index in [2.05, 4.69) is 16.0 Å². The number of hydrogen-bond acceptors (Lipinski definition) is 7. The summed E-state index contributed by atoms with van der Waals surface area (Å²) in [6, 6.07) is -2.20. The van der Waals surface area contributed by atoms with Crippen LogP contribution in [0, 0.1) is 11.8 Å². The molecule has 3 unspecified atom stereocenters. The average Bonchev–Trinajstić information content (AvgIpc) is 2.71. The molecule has 0 aliphatic carbocycles. The molecule has 0 aliphatic heterocycles. The van der Waals surface area contributed by atoms with Crippen LogP contribution in [0.3, 0.4) is 0 Å². The molecule has 0 aromatic carbocycles. The first-order valence-electron chi connectivity index (χ1n) is 11.0. The minimum atomic E-state index is -0.815. The summed E-state index contributed by atoms with van der Waals surface area (Å²) >= 11 is 3.16. The second kappa shape index (κ2) is 17.1. The minimum Gasteiger partial charge on any atom is -0.449 e. The number of hydrogen-bond donors (Lipinski definition) is 3. The molecule has 0 saturated carbocycles. The number of rotatable bonds is 16. The Morgan fingerprint density at radius 3 is 1.72 bits per heavy atom. The number of carbonyl (C=O) groups excluding carboxylic acids is 4. The molecule has 0 heterocycles. The van der Waals surface area contributed by atoms with E-state index < -0.39 is 30.1 Å². The number of ketones is 1. The topological polar surface area (TPSA) is 114 Å². The van der Waals surface area contributed by atoms with Gasteiger partial charge < -0.3 is 20.7 Å². The molecule has 0 fully saturated rings. The molecular formula is C22H41N3O5S2. The van der Waals surface area contributed by atoms with E-state index in [9.17, 15) is 19.2 Å². The van der Waals surface area contributed by atoms with Crippen LogP contribution in [0.15, 0.2) is 0 Å². The van der Waals surface area contributed by atoms with Crippen LogP contribution in [0.4, 0.5) is 4.79 Å². The van der Waals surface area contributed by atoms with Gasteiger partial charge in [-0.05, 0) is 62.0 Å². The van der Waals surface area contributed by atoms with Crippen molar-refractivity contribution in [3.63, 3.8) is 0 Å². The van der Waals surface area contributed by atoms with Crippen LogP contribution >= 0.6 is 23.5 Å². The Morgan fingerprint density at radius 2 is 1.25 bits per heavy atom. The van der Waals surface area contributed by atoms with E-state index in [0.29, 0.717) is 25.0 Å². The highest BCUT2D eigenvalue weighted by Crippen LogP contribution is 2.09. The van der Waals surface area contributed by atoms with Crippen molar-refractivity contribution in [3.8, 4) is 0 Å². The van der Waals surface area contributed by atoms with Crippen LogP contribution < -0.4 is 16.0 Å². The van der Waals surface area contributed by atoms with Gasteiger partial charge in [-0.3, -0.25) is 14.4 Å². The van der Waals surface area contributed by atoms with Crippen LogP contribution in [0.1, 0.15) is 53.9 Å². The maximum absolute atomic E-state index is 13.0. The molecule has 0 aliphatic rings. The summed E-state index contributed by atoms with van der Waals surface area (Å²) in [5.74, 6) is 0.772. The summed E-state index contributed by atoms with van der Waals surface area (Å²) in [4.78, 5) is 49.9. The van der Waals surface area contributed by atoms with Gasteiger partial charge in [0.05, 0.1) is 12.6 Å². The van der Waals surface area contributed by atoms with Crippen LogP contribution in [0.25, 0.3) is 0 Å². The fraction of sp³-hybridized carbons (Fsp3) is 0.818. The van der Waals surface area contributed by atoms with E-state index in [0.717, 1.165) is 5.75 Å². The van der Waals surface area contributed by atoms with Gasteiger partial charge in [-0.25, -0.2) is 4.79 Å². The second-order valence-corrected chi connectivity index (χ2v) is 10.6. The molecule has 3 N–H and O–H groups in total. The Hall–Kier alpha value is -1.42. The molecule has 0 spiro atoms. The zero-order valence-corrected chi connectivity index (χ0v) is 22.1. The number of nitrogens with one attached hydrogen (secondary N) is 3. The standard InChI is InChI=1S/C22H41N3O5S2/c1-14(2)12-19(21(28)23-17(16(5)26)8-10-31-6)24-20(27)18(9-11-32-7)25-22(29)30-13-15(3)4/h14-15,17-19H,8-13H2,1-7H3,(H,23,28)(H,24,27)(H,25,29). The molecular weight excluding hydrogens is 450 g/mol. The van der Waals surface area contributed by atoms with Gasteiger partial charge in [0.25, 0.3) is 0 Å². The highest BCUT2D eigenvalue weighted by Gasteiger charge is 2.29. The Bertz CT molecular complexity index is 602. The number of amides is 3. The normalized spacial score (nSPS) is 13.9. The maximum Gasteiger partial charge on any atom is 0.407 e. The summed E-state index contributed by atoms with van der Waals surface area (Å²) < 4.78 is 5.14. The van der Waals surface area contributed by atoms with Crippen molar-refractivity contribution >= 4 is 47.2 Å². The molecule has 10 heteroatoms. The molecule has 0 aromatic rings. The first-order chi connectivity index (χ1) is 15.0. The van der Waals surface area contributed by atoms with Gasteiger partial charge in [-0.2, -0.15) is 23.5 Å². The third-order valence-electron chi connectivity index (χ3n) is 4.52. The van der Waals surface area contributed by atoms with Gasteiger partial charge in [0, 0.05) is 0 Å². The lowest BCUT2D eigenvalue weighted by Gasteiger charge is -2.25. The second-order valence-electron chi connectivity index (χ2n) is 8.61. The number of alkyl carbamates (subject to hydrolysis) is 1. The van der Waals surface area contributed by atoms with Gasteiger partial charge in [0.15, 0.2) is 5.78 Å². The number of Topliss-reactive ketones (excluding diaryl/α,β-unsaturated/α-hetero) is 1. The largest absolute Gasteiger partial charge is 0.449 e. The highest BCUT2D eigenvalue weighted by atomic mass is 32.2.